The van der Waals surface area contributed by atoms with E-state index in [1.165, 1.54) is 23.1 Å². The molecule has 2 amide bonds. The van der Waals surface area contributed by atoms with Crippen molar-refractivity contribution in [1.82, 2.24) is 4.90 Å². The normalized spacial score (nSPS) is 17.6. The average Bonchev–Trinajstić information content (AvgIpc) is 2.64. The maximum Gasteiger partial charge on any atom is 0.257 e. The second-order valence-electron chi connectivity index (χ2n) is 5.84. The van der Waals surface area contributed by atoms with Crippen molar-refractivity contribution in [3.8, 4) is 5.75 Å². The van der Waals surface area contributed by atoms with Crippen molar-refractivity contribution in [2.24, 2.45) is 0 Å². The van der Waals surface area contributed by atoms with Crippen molar-refractivity contribution in [2.45, 2.75) is 13.0 Å². The van der Waals surface area contributed by atoms with Crippen LogP contribution >= 0.6 is 0 Å². The summed E-state index contributed by atoms with van der Waals surface area (Å²) in [6.45, 7) is 2.36. The Morgan fingerprint density at radius 3 is 2.44 bits per heavy atom. The van der Waals surface area contributed by atoms with E-state index in [1.54, 1.807) is 49.3 Å². The zero-order chi connectivity index (χ0) is 18.0. The molecule has 1 aliphatic heterocycles. The van der Waals surface area contributed by atoms with Crippen LogP contribution in [-0.4, -0.2) is 43.0 Å². The molecular weight excluding hydrogens is 323 g/mol. The number of methoxy groups -OCH3 is 1. The van der Waals surface area contributed by atoms with Crippen LogP contribution in [0.15, 0.2) is 48.5 Å². The van der Waals surface area contributed by atoms with Gasteiger partial charge in [-0.3, -0.25) is 9.59 Å². The van der Waals surface area contributed by atoms with E-state index in [-0.39, 0.29) is 11.5 Å². The number of piperazine rings is 1. The van der Waals surface area contributed by atoms with Gasteiger partial charge >= 0.3 is 0 Å². The average molecular weight is 342 g/mol. The molecule has 1 atom stereocenters. The quantitative estimate of drug-likeness (QED) is 0.862. The highest BCUT2D eigenvalue weighted by atomic mass is 19.1. The summed E-state index contributed by atoms with van der Waals surface area (Å²) in [6, 6.07) is 12.3. The van der Waals surface area contributed by atoms with Crippen molar-refractivity contribution in [3.05, 3.63) is 59.9 Å². The molecule has 0 spiro atoms. The first-order valence-corrected chi connectivity index (χ1v) is 8.04. The van der Waals surface area contributed by atoms with Crippen LogP contribution in [-0.2, 0) is 4.79 Å². The predicted octanol–water partition coefficient (Wildman–Crippen LogP) is 2.71. The summed E-state index contributed by atoms with van der Waals surface area (Å²) in [6.07, 6.45) is 0. The first-order chi connectivity index (χ1) is 12.0. The van der Waals surface area contributed by atoms with Gasteiger partial charge in [-0.2, -0.15) is 0 Å². The molecule has 0 radical (unpaired) electrons. The van der Waals surface area contributed by atoms with Gasteiger partial charge in [-0.05, 0) is 43.3 Å². The maximum atomic E-state index is 13.9. The molecule has 130 valence electrons. The Balaban J connectivity index is 1.79. The summed E-state index contributed by atoms with van der Waals surface area (Å²) in [5.74, 6) is -0.531. The fourth-order valence-electron chi connectivity index (χ4n) is 2.96. The van der Waals surface area contributed by atoms with Crippen LogP contribution in [0.25, 0.3) is 0 Å². The molecule has 0 bridgehead atoms. The van der Waals surface area contributed by atoms with Crippen LogP contribution in [0.5, 0.6) is 5.75 Å². The fourth-order valence-corrected chi connectivity index (χ4v) is 2.96. The highest BCUT2D eigenvalue weighted by Crippen LogP contribution is 2.24. The van der Waals surface area contributed by atoms with E-state index >= 15 is 0 Å². The number of nitrogens with zero attached hydrogens (tertiary/aromatic N) is 2. The highest BCUT2D eigenvalue weighted by molar-refractivity contribution is 6.03. The van der Waals surface area contributed by atoms with Crippen LogP contribution in [0.1, 0.15) is 17.3 Å². The highest BCUT2D eigenvalue weighted by Gasteiger charge is 2.36. The lowest BCUT2D eigenvalue weighted by Gasteiger charge is -2.39. The van der Waals surface area contributed by atoms with Crippen LogP contribution < -0.4 is 9.64 Å². The second-order valence-corrected chi connectivity index (χ2v) is 5.84. The Morgan fingerprint density at radius 1 is 1.12 bits per heavy atom. The number of hydrogen-bond donors (Lipinski definition) is 0. The molecule has 1 fully saturated rings. The standard InChI is InChI=1S/C19H19FN2O3/c1-13-18(23)22(14-7-9-15(25-2)10-8-14)12-11-21(13)19(24)16-5-3-4-6-17(16)20/h3-10,13H,11-12H2,1-2H3. The maximum absolute atomic E-state index is 13.9. The van der Waals surface area contributed by atoms with Gasteiger partial charge in [0.15, 0.2) is 0 Å². The number of halogens is 1. The van der Waals surface area contributed by atoms with Gasteiger partial charge in [-0.25, -0.2) is 4.39 Å². The molecule has 1 unspecified atom stereocenters. The zero-order valence-corrected chi connectivity index (χ0v) is 14.1. The molecule has 0 saturated carbocycles. The smallest absolute Gasteiger partial charge is 0.257 e. The van der Waals surface area contributed by atoms with E-state index in [0.717, 1.165) is 5.69 Å². The lowest BCUT2D eigenvalue weighted by atomic mass is 10.1. The topological polar surface area (TPSA) is 49.9 Å². The van der Waals surface area contributed by atoms with E-state index in [9.17, 15) is 14.0 Å². The second kappa shape index (κ2) is 6.93. The summed E-state index contributed by atoms with van der Waals surface area (Å²) in [7, 11) is 1.58. The molecular formula is C19H19FN2O3. The fraction of sp³-hybridized carbons (Fsp3) is 0.263. The van der Waals surface area contributed by atoms with E-state index in [0.29, 0.717) is 18.8 Å². The molecule has 3 rings (SSSR count). The first kappa shape index (κ1) is 17.0. The first-order valence-electron chi connectivity index (χ1n) is 8.04. The van der Waals surface area contributed by atoms with Gasteiger partial charge < -0.3 is 14.5 Å². The third-order valence-electron chi connectivity index (χ3n) is 4.40. The number of rotatable bonds is 3. The molecule has 1 heterocycles. The van der Waals surface area contributed by atoms with Crippen molar-refractivity contribution in [2.75, 3.05) is 25.1 Å². The third kappa shape index (κ3) is 3.20. The van der Waals surface area contributed by atoms with Gasteiger partial charge in [0.2, 0.25) is 5.91 Å². The Hall–Kier alpha value is -2.89. The van der Waals surface area contributed by atoms with Gasteiger partial charge in [-0.15, -0.1) is 0 Å². The van der Waals surface area contributed by atoms with Crippen molar-refractivity contribution in [3.63, 3.8) is 0 Å². The third-order valence-corrected chi connectivity index (χ3v) is 4.40. The summed E-state index contributed by atoms with van der Waals surface area (Å²) in [5, 5.41) is 0. The Kier molecular flexibility index (Phi) is 4.70. The minimum atomic E-state index is -0.664. The van der Waals surface area contributed by atoms with Crippen LogP contribution in [0.2, 0.25) is 0 Å². The minimum absolute atomic E-state index is 0.0138. The predicted molar refractivity (Wildman–Crippen MR) is 92.2 cm³/mol. The van der Waals surface area contributed by atoms with Crippen molar-refractivity contribution >= 4 is 17.5 Å². The lowest BCUT2D eigenvalue weighted by molar-refractivity contribution is -0.124. The Morgan fingerprint density at radius 2 is 1.80 bits per heavy atom. The number of anilines is 1. The number of amides is 2. The van der Waals surface area contributed by atoms with Gasteiger partial charge in [0.05, 0.1) is 12.7 Å². The largest absolute Gasteiger partial charge is 0.497 e. The van der Waals surface area contributed by atoms with Crippen molar-refractivity contribution < 1.29 is 18.7 Å². The van der Waals surface area contributed by atoms with Gasteiger partial charge in [0.1, 0.15) is 17.6 Å². The van der Waals surface area contributed by atoms with E-state index < -0.39 is 17.8 Å². The molecule has 25 heavy (non-hydrogen) atoms. The SMILES string of the molecule is COc1ccc(N2CCN(C(=O)c3ccccc3F)C(C)C2=O)cc1. The Labute approximate surface area is 145 Å². The zero-order valence-electron chi connectivity index (χ0n) is 14.1. The van der Waals surface area contributed by atoms with Gasteiger partial charge in [-0.1, -0.05) is 12.1 Å². The van der Waals surface area contributed by atoms with E-state index in [1.807, 2.05) is 0 Å². The van der Waals surface area contributed by atoms with Gasteiger partial charge in [0, 0.05) is 18.8 Å². The molecule has 6 heteroatoms. The molecule has 5 nitrogen and oxygen atoms in total. The molecule has 1 saturated heterocycles. The van der Waals surface area contributed by atoms with E-state index in [2.05, 4.69) is 0 Å². The molecule has 2 aromatic rings. The molecule has 0 aromatic heterocycles. The van der Waals surface area contributed by atoms with Crippen LogP contribution in [0, 0.1) is 5.82 Å². The summed E-state index contributed by atoms with van der Waals surface area (Å²) in [5.41, 5.74) is 0.732. The number of benzene rings is 2. The van der Waals surface area contributed by atoms with Gasteiger partial charge in [0.25, 0.3) is 5.91 Å². The lowest BCUT2D eigenvalue weighted by Crippen LogP contribution is -2.57. The van der Waals surface area contributed by atoms with E-state index in [4.69, 9.17) is 4.74 Å². The minimum Gasteiger partial charge on any atom is -0.497 e. The summed E-state index contributed by atoms with van der Waals surface area (Å²) < 4.78 is 19.0. The molecule has 2 aromatic carbocycles. The van der Waals surface area contributed by atoms with Crippen LogP contribution in [0.4, 0.5) is 10.1 Å². The summed E-state index contributed by atoms with van der Waals surface area (Å²) >= 11 is 0. The van der Waals surface area contributed by atoms with Crippen LogP contribution in [0.3, 0.4) is 0 Å². The molecule has 0 N–H and O–H groups in total. The number of carbonyl (C=O) groups excluding carboxylic acids is 2. The monoisotopic (exact) mass is 342 g/mol. The number of hydrogen-bond acceptors (Lipinski definition) is 3. The Bertz CT molecular complexity index is 792. The number of ether oxygens (including phenoxy) is 1. The molecule has 1 aliphatic rings. The molecule has 0 aliphatic carbocycles. The van der Waals surface area contributed by atoms with Crippen molar-refractivity contribution in [1.29, 1.82) is 0 Å². The number of carbonyl (C=O) groups is 2. The summed E-state index contributed by atoms with van der Waals surface area (Å²) in [4.78, 5) is 28.4.